The standard InChI is InChI=1S/C14H19BrN2OS/c1-9(8-16)14(18)17(2)12-5-6-19-13-4-3-10(15)7-11(12)13/h3-4,7,9,12H,5-6,8,16H2,1-2H3. The van der Waals surface area contributed by atoms with Crippen LogP contribution in [0.4, 0.5) is 0 Å². The average molecular weight is 343 g/mol. The Bertz CT molecular complexity index is 481. The molecule has 0 aliphatic carbocycles. The Balaban J connectivity index is 2.28. The molecule has 2 N–H and O–H groups in total. The van der Waals surface area contributed by atoms with Crippen molar-refractivity contribution in [1.29, 1.82) is 0 Å². The van der Waals surface area contributed by atoms with Crippen LogP contribution in [-0.2, 0) is 4.79 Å². The van der Waals surface area contributed by atoms with Gasteiger partial charge in [0.1, 0.15) is 0 Å². The second-order valence-electron chi connectivity index (χ2n) is 4.92. The Labute approximate surface area is 127 Å². The van der Waals surface area contributed by atoms with Crippen molar-refractivity contribution < 1.29 is 4.79 Å². The second-order valence-corrected chi connectivity index (χ2v) is 6.97. The molecule has 3 nitrogen and oxygen atoms in total. The van der Waals surface area contributed by atoms with Crippen LogP contribution in [0, 0.1) is 5.92 Å². The number of carbonyl (C=O) groups is 1. The summed E-state index contributed by atoms with van der Waals surface area (Å²) in [5.41, 5.74) is 6.84. The number of amides is 1. The minimum Gasteiger partial charge on any atom is -0.338 e. The van der Waals surface area contributed by atoms with Crippen molar-refractivity contribution in [2.24, 2.45) is 11.7 Å². The van der Waals surface area contributed by atoms with Crippen molar-refractivity contribution in [1.82, 2.24) is 4.90 Å². The van der Waals surface area contributed by atoms with Crippen LogP contribution < -0.4 is 5.73 Å². The van der Waals surface area contributed by atoms with Gasteiger partial charge in [-0.05, 0) is 30.2 Å². The lowest BCUT2D eigenvalue weighted by molar-refractivity contribution is -0.135. The first kappa shape index (κ1) is 14.9. The summed E-state index contributed by atoms with van der Waals surface area (Å²) in [4.78, 5) is 15.4. The van der Waals surface area contributed by atoms with E-state index in [1.807, 2.05) is 30.6 Å². The van der Waals surface area contributed by atoms with Gasteiger partial charge < -0.3 is 10.6 Å². The smallest absolute Gasteiger partial charge is 0.226 e. The molecule has 1 aliphatic rings. The van der Waals surface area contributed by atoms with Crippen LogP contribution in [0.5, 0.6) is 0 Å². The molecule has 0 aromatic heterocycles. The summed E-state index contributed by atoms with van der Waals surface area (Å²) in [5.74, 6) is 1.06. The van der Waals surface area contributed by atoms with Crippen molar-refractivity contribution >= 4 is 33.6 Å². The van der Waals surface area contributed by atoms with Crippen LogP contribution in [0.3, 0.4) is 0 Å². The summed E-state index contributed by atoms with van der Waals surface area (Å²) >= 11 is 5.37. The molecule has 1 aliphatic heterocycles. The SMILES string of the molecule is CC(CN)C(=O)N(C)C1CCSc2ccc(Br)cc21. The average Bonchev–Trinajstić information content (AvgIpc) is 2.44. The zero-order valence-corrected chi connectivity index (χ0v) is 13.6. The van der Waals surface area contributed by atoms with Crippen molar-refractivity contribution in [3.8, 4) is 0 Å². The molecule has 0 saturated heterocycles. The van der Waals surface area contributed by atoms with E-state index in [0.717, 1.165) is 16.6 Å². The third kappa shape index (κ3) is 3.15. The molecular formula is C14H19BrN2OS. The summed E-state index contributed by atoms with van der Waals surface area (Å²) in [6.45, 7) is 2.29. The molecule has 2 atom stereocenters. The molecular weight excluding hydrogens is 324 g/mol. The molecule has 0 spiro atoms. The largest absolute Gasteiger partial charge is 0.338 e. The van der Waals surface area contributed by atoms with Crippen molar-refractivity contribution in [3.63, 3.8) is 0 Å². The van der Waals surface area contributed by atoms with Gasteiger partial charge in [-0.15, -0.1) is 11.8 Å². The zero-order chi connectivity index (χ0) is 14.0. The first-order valence-corrected chi connectivity index (χ1v) is 8.21. The van der Waals surface area contributed by atoms with E-state index >= 15 is 0 Å². The molecule has 1 aromatic carbocycles. The van der Waals surface area contributed by atoms with Gasteiger partial charge in [0.15, 0.2) is 0 Å². The maximum atomic E-state index is 12.3. The number of hydrogen-bond acceptors (Lipinski definition) is 3. The highest BCUT2D eigenvalue weighted by molar-refractivity contribution is 9.10. The minimum absolute atomic E-state index is 0.116. The minimum atomic E-state index is -0.116. The normalized spacial score (nSPS) is 19.7. The van der Waals surface area contributed by atoms with Gasteiger partial charge in [0.05, 0.1) is 6.04 Å². The van der Waals surface area contributed by atoms with Gasteiger partial charge >= 0.3 is 0 Å². The predicted molar refractivity (Wildman–Crippen MR) is 83.2 cm³/mol. The Morgan fingerprint density at radius 1 is 1.63 bits per heavy atom. The predicted octanol–water partition coefficient (Wildman–Crippen LogP) is 3.04. The Hall–Kier alpha value is -0.520. The van der Waals surface area contributed by atoms with Crippen LogP contribution in [-0.4, -0.2) is 30.2 Å². The molecule has 104 valence electrons. The number of halogens is 1. The number of rotatable bonds is 3. The first-order chi connectivity index (χ1) is 9.04. The molecule has 1 aromatic rings. The lowest BCUT2D eigenvalue weighted by Crippen LogP contribution is -2.38. The number of fused-ring (bicyclic) bond motifs is 1. The first-order valence-electron chi connectivity index (χ1n) is 6.43. The molecule has 2 unspecified atom stereocenters. The van der Waals surface area contributed by atoms with E-state index in [-0.39, 0.29) is 17.9 Å². The molecule has 0 bridgehead atoms. The van der Waals surface area contributed by atoms with Gasteiger partial charge in [0.25, 0.3) is 0 Å². The fourth-order valence-corrected chi connectivity index (χ4v) is 3.82. The monoisotopic (exact) mass is 342 g/mol. The van der Waals surface area contributed by atoms with Crippen LogP contribution in [0.2, 0.25) is 0 Å². The van der Waals surface area contributed by atoms with Gasteiger partial charge in [-0.2, -0.15) is 0 Å². The Kier molecular flexibility index (Phi) is 4.92. The zero-order valence-electron chi connectivity index (χ0n) is 11.2. The van der Waals surface area contributed by atoms with Gasteiger partial charge in [-0.25, -0.2) is 0 Å². The topological polar surface area (TPSA) is 46.3 Å². The van der Waals surface area contributed by atoms with E-state index < -0.39 is 0 Å². The fourth-order valence-electron chi connectivity index (χ4n) is 2.35. The number of thioether (sulfide) groups is 1. The molecule has 19 heavy (non-hydrogen) atoms. The summed E-state index contributed by atoms with van der Waals surface area (Å²) in [7, 11) is 1.89. The fraction of sp³-hybridized carbons (Fsp3) is 0.500. The molecule has 1 amide bonds. The van der Waals surface area contributed by atoms with Crippen molar-refractivity contribution in [2.75, 3.05) is 19.3 Å². The maximum absolute atomic E-state index is 12.3. The highest BCUT2D eigenvalue weighted by Crippen LogP contribution is 2.40. The van der Waals surface area contributed by atoms with Gasteiger partial charge in [0.2, 0.25) is 5.91 Å². The van der Waals surface area contributed by atoms with E-state index in [1.54, 1.807) is 0 Å². The molecule has 0 saturated carbocycles. The summed E-state index contributed by atoms with van der Waals surface area (Å²) in [5, 5.41) is 0. The number of carbonyl (C=O) groups excluding carboxylic acids is 1. The summed E-state index contributed by atoms with van der Waals surface area (Å²) in [6, 6.07) is 6.47. The van der Waals surface area contributed by atoms with Crippen molar-refractivity contribution in [3.05, 3.63) is 28.2 Å². The summed E-state index contributed by atoms with van der Waals surface area (Å²) < 4.78 is 1.06. The Morgan fingerprint density at radius 3 is 3.05 bits per heavy atom. The van der Waals surface area contributed by atoms with Crippen LogP contribution in [0.1, 0.15) is 24.9 Å². The van der Waals surface area contributed by atoms with Gasteiger partial charge in [-0.3, -0.25) is 4.79 Å². The molecule has 2 rings (SSSR count). The van der Waals surface area contributed by atoms with E-state index in [0.29, 0.717) is 6.54 Å². The quantitative estimate of drug-likeness (QED) is 0.918. The van der Waals surface area contributed by atoms with E-state index in [9.17, 15) is 4.79 Å². The number of hydrogen-bond donors (Lipinski definition) is 1. The Morgan fingerprint density at radius 2 is 2.37 bits per heavy atom. The third-order valence-corrected chi connectivity index (χ3v) is 5.19. The van der Waals surface area contributed by atoms with Gasteiger partial charge in [-0.1, -0.05) is 22.9 Å². The van der Waals surface area contributed by atoms with Crippen LogP contribution in [0.15, 0.2) is 27.6 Å². The molecule has 1 heterocycles. The highest BCUT2D eigenvalue weighted by atomic mass is 79.9. The summed E-state index contributed by atoms with van der Waals surface area (Å²) in [6.07, 6.45) is 0.994. The molecule has 5 heteroatoms. The number of nitrogens with two attached hydrogens (primary N) is 1. The highest BCUT2D eigenvalue weighted by Gasteiger charge is 2.29. The van der Waals surface area contributed by atoms with E-state index in [4.69, 9.17) is 5.73 Å². The maximum Gasteiger partial charge on any atom is 0.226 e. The number of benzene rings is 1. The lowest BCUT2D eigenvalue weighted by atomic mass is 10.0. The second kappa shape index (κ2) is 6.29. The molecule has 0 radical (unpaired) electrons. The lowest BCUT2D eigenvalue weighted by Gasteiger charge is -2.34. The molecule has 0 fully saturated rings. The van der Waals surface area contributed by atoms with E-state index in [2.05, 4.69) is 34.1 Å². The van der Waals surface area contributed by atoms with E-state index in [1.165, 1.54) is 10.5 Å². The van der Waals surface area contributed by atoms with Crippen LogP contribution in [0.25, 0.3) is 0 Å². The van der Waals surface area contributed by atoms with Gasteiger partial charge in [0, 0.05) is 34.6 Å². The third-order valence-electron chi connectivity index (χ3n) is 3.57. The van der Waals surface area contributed by atoms with Crippen molar-refractivity contribution in [2.45, 2.75) is 24.3 Å². The number of nitrogens with zero attached hydrogens (tertiary/aromatic N) is 1. The van der Waals surface area contributed by atoms with Crippen LogP contribution >= 0.6 is 27.7 Å².